The maximum Gasteiger partial charge on any atom is 0.196 e. The quantitative estimate of drug-likeness (QED) is 0.469. The highest BCUT2D eigenvalue weighted by molar-refractivity contribution is 6.33. The van der Waals surface area contributed by atoms with Crippen LogP contribution in [0.15, 0.2) is 18.2 Å². The van der Waals surface area contributed by atoms with Gasteiger partial charge in [-0.3, -0.25) is 4.79 Å². The first-order valence-corrected chi connectivity index (χ1v) is 6.70. The molecule has 0 saturated carbocycles. The normalized spacial score (nSPS) is 12.5. The molecule has 2 nitrogen and oxygen atoms in total. The lowest BCUT2D eigenvalue weighted by Crippen LogP contribution is -2.12. The number of carbonyl (C=O) groups is 1. The van der Waals surface area contributed by atoms with Crippen LogP contribution in [0.25, 0.3) is 5.69 Å². The van der Waals surface area contributed by atoms with Gasteiger partial charge < -0.3 is 4.57 Å². The van der Waals surface area contributed by atoms with Crippen molar-refractivity contribution in [3.05, 3.63) is 52.6 Å². The van der Waals surface area contributed by atoms with E-state index in [-0.39, 0.29) is 11.5 Å². The summed E-state index contributed by atoms with van der Waals surface area (Å²) >= 11 is 5.78. The summed E-state index contributed by atoms with van der Waals surface area (Å²) in [5, 5.41) is -0.728. The Labute approximate surface area is 125 Å². The lowest BCUT2D eigenvalue weighted by atomic mass is 10.1. The van der Waals surface area contributed by atoms with Gasteiger partial charge in [-0.25, -0.2) is 13.2 Å². The number of alkyl halides is 1. The third-order valence-electron chi connectivity index (χ3n) is 3.31. The van der Waals surface area contributed by atoms with E-state index in [4.69, 9.17) is 11.6 Å². The van der Waals surface area contributed by atoms with Crippen LogP contribution in [0.3, 0.4) is 0 Å². The van der Waals surface area contributed by atoms with Crippen LogP contribution in [-0.4, -0.2) is 15.7 Å². The van der Waals surface area contributed by atoms with Crippen LogP contribution >= 0.6 is 11.6 Å². The number of halogens is 4. The highest BCUT2D eigenvalue weighted by Crippen LogP contribution is 2.26. The van der Waals surface area contributed by atoms with Crippen molar-refractivity contribution in [1.82, 2.24) is 4.57 Å². The number of aryl methyl sites for hydroxylation is 1. The molecule has 112 valence electrons. The van der Waals surface area contributed by atoms with Gasteiger partial charge in [0.15, 0.2) is 23.2 Å². The van der Waals surface area contributed by atoms with Crippen molar-refractivity contribution in [2.45, 2.75) is 26.1 Å². The molecule has 0 N–H and O–H groups in total. The summed E-state index contributed by atoms with van der Waals surface area (Å²) in [5.74, 6) is -4.41. The predicted octanol–water partition coefficient (Wildman–Crippen LogP) is 4.32. The van der Waals surface area contributed by atoms with E-state index in [1.807, 2.05) is 0 Å². The SMILES string of the molecule is Cc1cc(C(=O)C(C)Cl)c(C)n1-c1ccc(F)c(F)c1F. The summed E-state index contributed by atoms with van der Waals surface area (Å²) < 4.78 is 41.7. The second-order valence-electron chi connectivity index (χ2n) is 4.79. The summed E-state index contributed by atoms with van der Waals surface area (Å²) in [6, 6.07) is 3.53. The number of ketones is 1. The van der Waals surface area contributed by atoms with Crippen molar-refractivity contribution in [2.24, 2.45) is 0 Å². The molecule has 1 heterocycles. The first-order valence-electron chi connectivity index (χ1n) is 6.26. The van der Waals surface area contributed by atoms with Gasteiger partial charge in [0.05, 0.1) is 11.1 Å². The Morgan fingerprint density at radius 2 is 1.81 bits per heavy atom. The van der Waals surface area contributed by atoms with Crippen molar-refractivity contribution in [3.8, 4) is 5.69 Å². The first kappa shape index (κ1) is 15.6. The minimum Gasteiger partial charge on any atom is -0.315 e. The number of hydrogen-bond acceptors (Lipinski definition) is 1. The van der Waals surface area contributed by atoms with E-state index in [0.29, 0.717) is 17.0 Å². The van der Waals surface area contributed by atoms with E-state index in [1.54, 1.807) is 19.9 Å². The topological polar surface area (TPSA) is 22.0 Å². The first-order chi connectivity index (χ1) is 9.75. The summed E-state index contributed by atoms with van der Waals surface area (Å²) in [5.41, 5.74) is 1.14. The fraction of sp³-hybridized carbons (Fsp3) is 0.267. The highest BCUT2D eigenvalue weighted by atomic mass is 35.5. The Balaban J connectivity index is 2.67. The van der Waals surface area contributed by atoms with Gasteiger partial charge in [0.25, 0.3) is 0 Å². The molecule has 0 fully saturated rings. The van der Waals surface area contributed by atoms with Gasteiger partial charge in [-0.1, -0.05) is 0 Å². The molecule has 1 aromatic carbocycles. The van der Waals surface area contributed by atoms with Gasteiger partial charge in [-0.15, -0.1) is 11.6 Å². The maximum absolute atomic E-state index is 13.9. The molecule has 2 rings (SSSR count). The fourth-order valence-corrected chi connectivity index (χ4v) is 2.40. The zero-order valence-electron chi connectivity index (χ0n) is 11.7. The molecule has 0 radical (unpaired) electrons. The molecular weight excluding hydrogens is 303 g/mol. The van der Waals surface area contributed by atoms with E-state index in [1.165, 1.54) is 11.5 Å². The van der Waals surface area contributed by atoms with Crippen LogP contribution in [0.5, 0.6) is 0 Å². The van der Waals surface area contributed by atoms with Crippen LogP contribution in [0.4, 0.5) is 13.2 Å². The number of aromatic nitrogens is 1. The molecule has 0 aliphatic carbocycles. The standard InChI is InChI=1S/C15H13ClF3NO/c1-7-6-10(15(21)8(2)16)9(3)20(7)12-5-4-11(17)13(18)14(12)19/h4-6,8H,1-3H3. The Morgan fingerprint density at radius 1 is 1.19 bits per heavy atom. The summed E-state index contributed by atoms with van der Waals surface area (Å²) in [7, 11) is 0. The number of rotatable bonds is 3. The Kier molecular flexibility index (Phi) is 4.14. The molecule has 1 atom stereocenters. The fourth-order valence-electron chi connectivity index (χ4n) is 2.29. The van der Waals surface area contributed by atoms with Gasteiger partial charge in [-0.05, 0) is 39.0 Å². The number of nitrogens with zero attached hydrogens (tertiary/aromatic N) is 1. The van der Waals surface area contributed by atoms with E-state index < -0.39 is 22.8 Å². The summed E-state index contributed by atoms with van der Waals surface area (Å²) in [6.07, 6.45) is 0. The molecule has 0 spiro atoms. The van der Waals surface area contributed by atoms with Gasteiger partial charge in [0.2, 0.25) is 0 Å². The number of Topliss-reactive ketones (excluding diaryl/α,β-unsaturated/α-hetero) is 1. The van der Waals surface area contributed by atoms with Crippen molar-refractivity contribution >= 4 is 17.4 Å². The lowest BCUT2D eigenvalue weighted by molar-refractivity contribution is 0.0991. The molecule has 1 aromatic heterocycles. The molecule has 1 unspecified atom stereocenters. The maximum atomic E-state index is 13.9. The molecule has 0 amide bonds. The van der Waals surface area contributed by atoms with E-state index >= 15 is 0 Å². The van der Waals surface area contributed by atoms with Crippen LogP contribution in [0, 0.1) is 31.3 Å². The van der Waals surface area contributed by atoms with E-state index in [2.05, 4.69) is 0 Å². The van der Waals surface area contributed by atoms with E-state index in [0.717, 1.165) is 12.1 Å². The zero-order valence-corrected chi connectivity index (χ0v) is 12.4. The Hall–Kier alpha value is -1.75. The number of benzene rings is 1. The summed E-state index contributed by atoms with van der Waals surface area (Å²) in [6.45, 7) is 4.78. The van der Waals surface area contributed by atoms with Gasteiger partial charge in [0.1, 0.15) is 0 Å². The lowest BCUT2D eigenvalue weighted by Gasteiger charge is -2.12. The smallest absolute Gasteiger partial charge is 0.196 e. The van der Waals surface area contributed by atoms with Crippen molar-refractivity contribution in [3.63, 3.8) is 0 Å². The van der Waals surface area contributed by atoms with Gasteiger partial charge in [0, 0.05) is 17.0 Å². The van der Waals surface area contributed by atoms with Crippen LogP contribution in [0.2, 0.25) is 0 Å². The Bertz CT molecular complexity index is 722. The molecule has 6 heteroatoms. The molecule has 2 aromatic rings. The highest BCUT2D eigenvalue weighted by Gasteiger charge is 2.23. The molecular formula is C15H13ClF3NO. The molecule has 0 aliphatic heterocycles. The zero-order chi connectivity index (χ0) is 15.9. The largest absolute Gasteiger partial charge is 0.315 e. The second kappa shape index (κ2) is 5.56. The van der Waals surface area contributed by atoms with E-state index in [9.17, 15) is 18.0 Å². The number of carbonyl (C=O) groups excluding carboxylic acids is 1. The molecule has 0 bridgehead atoms. The summed E-state index contributed by atoms with van der Waals surface area (Å²) in [4.78, 5) is 12.0. The predicted molar refractivity (Wildman–Crippen MR) is 74.8 cm³/mol. The minimum atomic E-state index is -1.54. The number of hydrogen-bond donors (Lipinski definition) is 0. The molecule has 0 aliphatic rings. The van der Waals surface area contributed by atoms with Crippen LogP contribution in [-0.2, 0) is 0 Å². The van der Waals surface area contributed by atoms with Crippen molar-refractivity contribution < 1.29 is 18.0 Å². The van der Waals surface area contributed by atoms with Crippen LogP contribution < -0.4 is 0 Å². The minimum absolute atomic E-state index is 0.148. The van der Waals surface area contributed by atoms with Gasteiger partial charge >= 0.3 is 0 Å². The third kappa shape index (κ3) is 2.58. The van der Waals surface area contributed by atoms with Crippen LogP contribution in [0.1, 0.15) is 28.7 Å². The third-order valence-corrected chi connectivity index (χ3v) is 3.51. The molecule has 0 saturated heterocycles. The van der Waals surface area contributed by atoms with Gasteiger partial charge in [-0.2, -0.15) is 0 Å². The average molecular weight is 316 g/mol. The van der Waals surface area contributed by atoms with Crippen molar-refractivity contribution in [1.29, 1.82) is 0 Å². The average Bonchev–Trinajstić information content (AvgIpc) is 2.71. The monoisotopic (exact) mass is 315 g/mol. The second-order valence-corrected chi connectivity index (χ2v) is 5.45. The Morgan fingerprint density at radius 3 is 2.38 bits per heavy atom. The van der Waals surface area contributed by atoms with Crippen molar-refractivity contribution in [2.75, 3.05) is 0 Å². The molecule has 21 heavy (non-hydrogen) atoms.